The van der Waals surface area contributed by atoms with Crippen molar-refractivity contribution in [3.05, 3.63) is 22.7 Å². The molecule has 0 aliphatic heterocycles. The fourth-order valence-corrected chi connectivity index (χ4v) is 2.31. The van der Waals surface area contributed by atoms with Crippen LogP contribution in [0.3, 0.4) is 0 Å². The Morgan fingerprint density at radius 2 is 1.86 bits per heavy atom. The molecule has 5 heteroatoms. The topological polar surface area (TPSA) is 33.7 Å². The van der Waals surface area contributed by atoms with Crippen molar-refractivity contribution in [3.63, 3.8) is 0 Å². The lowest BCUT2D eigenvalue weighted by molar-refractivity contribution is 0.287. The van der Waals surface area contributed by atoms with Crippen LogP contribution in [0.1, 0.15) is 25.8 Å². The van der Waals surface area contributed by atoms with E-state index in [2.05, 4.69) is 24.3 Å². The molecule has 0 unspecified atom stereocenters. The summed E-state index contributed by atoms with van der Waals surface area (Å²) in [7, 11) is 4.17. The molecule has 0 saturated carbocycles. The standard InChI is InChI=1S/C16H27ClN2O2/c1-5-20-15-11-13(10-14(17)16(15)21-6-2)12-18-8-7-9-19(3)4/h10-11,18H,5-9,12H2,1-4H3. The van der Waals surface area contributed by atoms with Crippen molar-refractivity contribution in [2.75, 3.05) is 40.4 Å². The average molecular weight is 315 g/mol. The third kappa shape index (κ3) is 6.55. The summed E-state index contributed by atoms with van der Waals surface area (Å²) in [5.74, 6) is 1.36. The third-order valence-electron chi connectivity index (χ3n) is 2.95. The van der Waals surface area contributed by atoms with E-state index in [0.717, 1.165) is 37.4 Å². The van der Waals surface area contributed by atoms with Gasteiger partial charge in [0.15, 0.2) is 11.5 Å². The minimum absolute atomic E-state index is 0.571. The maximum Gasteiger partial charge on any atom is 0.179 e. The van der Waals surface area contributed by atoms with Crippen LogP contribution in [0.2, 0.25) is 5.02 Å². The van der Waals surface area contributed by atoms with Gasteiger partial charge in [0.25, 0.3) is 0 Å². The van der Waals surface area contributed by atoms with E-state index >= 15 is 0 Å². The van der Waals surface area contributed by atoms with Gasteiger partial charge in [0.05, 0.1) is 18.2 Å². The first-order valence-corrected chi connectivity index (χ1v) is 7.89. The Hall–Kier alpha value is -0.970. The summed E-state index contributed by atoms with van der Waals surface area (Å²) in [6.07, 6.45) is 1.12. The second-order valence-corrected chi connectivity index (χ2v) is 5.51. The largest absolute Gasteiger partial charge is 0.490 e. The lowest BCUT2D eigenvalue weighted by Gasteiger charge is -2.15. The Balaban J connectivity index is 2.62. The van der Waals surface area contributed by atoms with E-state index in [1.165, 1.54) is 0 Å². The number of halogens is 1. The highest BCUT2D eigenvalue weighted by Gasteiger charge is 2.12. The zero-order chi connectivity index (χ0) is 15.7. The van der Waals surface area contributed by atoms with E-state index in [-0.39, 0.29) is 0 Å². The van der Waals surface area contributed by atoms with E-state index in [1.807, 2.05) is 26.0 Å². The zero-order valence-electron chi connectivity index (χ0n) is 13.5. The SMILES string of the molecule is CCOc1cc(CNCCCN(C)C)cc(Cl)c1OCC. The van der Waals surface area contributed by atoms with Crippen molar-refractivity contribution in [2.24, 2.45) is 0 Å². The number of ether oxygens (including phenoxy) is 2. The molecule has 0 saturated heterocycles. The van der Waals surface area contributed by atoms with Gasteiger partial charge in [-0.1, -0.05) is 11.6 Å². The Morgan fingerprint density at radius 1 is 1.14 bits per heavy atom. The maximum atomic E-state index is 6.29. The molecule has 1 aromatic carbocycles. The van der Waals surface area contributed by atoms with Gasteiger partial charge < -0.3 is 19.7 Å². The number of nitrogens with zero attached hydrogens (tertiary/aromatic N) is 1. The van der Waals surface area contributed by atoms with Crippen LogP contribution in [0.15, 0.2) is 12.1 Å². The summed E-state index contributed by atoms with van der Waals surface area (Å²) in [6.45, 7) is 7.90. The number of nitrogens with one attached hydrogen (secondary N) is 1. The quantitative estimate of drug-likeness (QED) is 0.673. The van der Waals surface area contributed by atoms with Gasteiger partial charge in [-0.3, -0.25) is 0 Å². The lowest BCUT2D eigenvalue weighted by Crippen LogP contribution is -2.21. The molecule has 0 spiro atoms. The Morgan fingerprint density at radius 3 is 2.48 bits per heavy atom. The molecule has 1 aromatic rings. The second-order valence-electron chi connectivity index (χ2n) is 5.10. The van der Waals surface area contributed by atoms with Crippen molar-refractivity contribution in [1.82, 2.24) is 10.2 Å². The van der Waals surface area contributed by atoms with Crippen molar-refractivity contribution >= 4 is 11.6 Å². The molecule has 0 bridgehead atoms. The molecule has 0 aliphatic carbocycles. The van der Waals surface area contributed by atoms with E-state index < -0.39 is 0 Å². The molecule has 0 amide bonds. The highest BCUT2D eigenvalue weighted by molar-refractivity contribution is 6.32. The molecule has 0 aromatic heterocycles. The minimum atomic E-state index is 0.571. The zero-order valence-corrected chi connectivity index (χ0v) is 14.3. The highest BCUT2D eigenvalue weighted by Crippen LogP contribution is 2.36. The Kier molecular flexibility index (Phi) is 8.50. The van der Waals surface area contributed by atoms with Crippen LogP contribution in [0, 0.1) is 0 Å². The lowest BCUT2D eigenvalue weighted by atomic mass is 10.2. The maximum absolute atomic E-state index is 6.29. The molecule has 120 valence electrons. The Labute approximate surface area is 133 Å². The summed E-state index contributed by atoms with van der Waals surface area (Å²) in [5, 5.41) is 4.03. The first-order chi connectivity index (χ1) is 10.1. The number of rotatable bonds is 10. The number of hydrogen-bond acceptors (Lipinski definition) is 4. The monoisotopic (exact) mass is 314 g/mol. The molecule has 0 aliphatic rings. The smallest absolute Gasteiger partial charge is 0.179 e. The summed E-state index contributed by atoms with van der Waals surface area (Å²) < 4.78 is 11.2. The molecule has 1 N–H and O–H groups in total. The highest BCUT2D eigenvalue weighted by atomic mass is 35.5. The van der Waals surface area contributed by atoms with Crippen molar-refractivity contribution in [1.29, 1.82) is 0 Å². The van der Waals surface area contributed by atoms with E-state index in [0.29, 0.717) is 24.0 Å². The van der Waals surface area contributed by atoms with Crippen molar-refractivity contribution in [3.8, 4) is 11.5 Å². The van der Waals surface area contributed by atoms with Gasteiger partial charge in [0.2, 0.25) is 0 Å². The number of hydrogen-bond donors (Lipinski definition) is 1. The van der Waals surface area contributed by atoms with Crippen LogP contribution in [-0.4, -0.2) is 45.3 Å². The molecule has 4 nitrogen and oxygen atoms in total. The van der Waals surface area contributed by atoms with Crippen molar-refractivity contribution in [2.45, 2.75) is 26.8 Å². The summed E-state index contributed by atoms with van der Waals surface area (Å²) in [6, 6.07) is 3.94. The van der Waals surface area contributed by atoms with Gasteiger partial charge in [-0.15, -0.1) is 0 Å². The average Bonchev–Trinajstić information content (AvgIpc) is 2.42. The van der Waals surface area contributed by atoms with Crippen molar-refractivity contribution < 1.29 is 9.47 Å². The third-order valence-corrected chi connectivity index (χ3v) is 3.23. The first-order valence-electron chi connectivity index (χ1n) is 7.51. The van der Waals surface area contributed by atoms with Crippen LogP contribution < -0.4 is 14.8 Å². The molecular weight excluding hydrogens is 288 g/mol. The van der Waals surface area contributed by atoms with Crippen LogP contribution in [0.4, 0.5) is 0 Å². The van der Waals surface area contributed by atoms with E-state index in [4.69, 9.17) is 21.1 Å². The number of benzene rings is 1. The molecule has 1 rings (SSSR count). The van der Waals surface area contributed by atoms with E-state index in [9.17, 15) is 0 Å². The first kappa shape index (κ1) is 18.1. The predicted octanol–water partition coefficient (Wildman–Crippen LogP) is 3.18. The van der Waals surface area contributed by atoms with Crippen LogP contribution in [-0.2, 0) is 6.54 Å². The van der Waals surface area contributed by atoms with Gasteiger partial charge in [-0.2, -0.15) is 0 Å². The summed E-state index contributed by atoms with van der Waals surface area (Å²) in [4.78, 5) is 2.18. The van der Waals surface area contributed by atoms with Gasteiger partial charge in [0.1, 0.15) is 0 Å². The van der Waals surface area contributed by atoms with Gasteiger partial charge >= 0.3 is 0 Å². The molecule has 21 heavy (non-hydrogen) atoms. The molecule has 0 fully saturated rings. The van der Waals surface area contributed by atoms with E-state index in [1.54, 1.807) is 0 Å². The van der Waals surface area contributed by atoms with Crippen LogP contribution in [0.25, 0.3) is 0 Å². The molecular formula is C16H27ClN2O2. The Bertz CT molecular complexity index is 425. The minimum Gasteiger partial charge on any atom is -0.490 e. The van der Waals surface area contributed by atoms with Gasteiger partial charge in [0, 0.05) is 6.54 Å². The fraction of sp³-hybridized carbons (Fsp3) is 0.625. The van der Waals surface area contributed by atoms with Crippen LogP contribution >= 0.6 is 11.6 Å². The molecule has 0 atom stereocenters. The van der Waals surface area contributed by atoms with Gasteiger partial charge in [-0.25, -0.2) is 0 Å². The molecule has 0 radical (unpaired) electrons. The van der Waals surface area contributed by atoms with Gasteiger partial charge in [-0.05, 0) is 65.1 Å². The van der Waals surface area contributed by atoms with Crippen LogP contribution in [0.5, 0.6) is 11.5 Å². The fourth-order valence-electron chi connectivity index (χ4n) is 2.02. The molecule has 0 heterocycles. The predicted molar refractivity (Wildman–Crippen MR) is 88.7 cm³/mol. The second kappa shape index (κ2) is 9.87. The summed E-state index contributed by atoms with van der Waals surface area (Å²) in [5.41, 5.74) is 1.11. The normalized spacial score (nSPS) is 11.0. The summed E-state index contributed by atoms with van der Waals surface area (Å²) >= 11 is 6.29.